The Labute approximate surface area is 66.3 Å². The highest BCUT2D eigenvalue weighted by molar-refractivity contribution is 7.97. The molecular formula is C7H14N2S. The number of likely N-dealkylation sites (tertiary alicyclic amines) is 1. The van der Waals surface area contributed by atoms with Crippen molar-refractivity contribution in [3.8, 4) is 0 Å². The van der Waals surface area contributed by atoms with Gasteiger partial charge in [0.15, 0.2) is 0 Å². The molecule has 58 valence electrons. The standard InChI is InChI=1S/C7H14N2S/c8-10-7-4-9(5-7)3-6-1-2-6/h6-7H,1-5,8H2. The molecule has 2 nitrogen and oxygen atoms in total. The van der Waals surface area contributed by atoms with Gasteiger partial charge in [0.25, 0.3) is 0 Å². The summed E-state index contributed by atoms with van der Waals surface area (Å²) in [6.45, 7) is 3.81. The third kappa shape index (κ3) is 1.47. The molecule has 0 amide bonds. The van der Waals surface area contributed by atoms with Crippen LogP contribution in [0.25, 0.3) is 0 Å². The molecule has 2 rings (SSSR count). The van der Waals surface area contributed by atoms with E-state index in [1.54, 1.807) is 0 Å². The monoisotopic (exact) mass is 158 g/mol. The second kappa shape index (κ2) is 2.72. The lowest BCUT2D eigenvalue weighted by Gasteiger charge is -2.37. The quantitative estimate of drug-likeness (QED) is 0.613. The van der Waals surface area contributed by atoms with Crippen LogP contribution in [-0.2, 0) is 0 Å². The van der Waals surface area contributed by atoms with Crippen molar-refractivity contribution in [3.05, 3.63) is 0 Å². The zero-order chi connectivity index (χ0) is 6.97. The number of hydrogen-bond donors (Lipinski definition) is 1. The summed E-state index contributed by atoms with van der Waals surface area (Å²) in [6, 6.07) is 0. The van der Waals surface area contributed by atoms with Gasteiger partial charge < -0.3 is 4.90 Å². The molecule has 1 aliphatic carbocycles. The summed E-state index contributed by atoms with van der Waals surface area (Å²) < 4.78 is 0. The van der Waals surface area contributed by atoms with Crippen LogP contribution in [0.4, 0.5) is 0 Å². The molecule has 0 unspecified atom stereocenters. The van der Waals surface area contributed by atoms with Gasteiger partial charge >= 0.3 is 0 Å². The third-order valence-electron chi connectivity index (χ3n) is 2.33. The zero-order valence-electron chi connectivity index (χ0n) is 6.12. The minimum absolute atomic E-state index is 0.735. The molecule has 0 aromatic heterocycles. The maximum absolute atomic E-state index is 5.43. The number of rotatable bonds is 3. The molecule has 0 atom stereocenters. The van der Waals surface area contributed by atoms with Gasteiger partial charge in [-0.05, 0) is 18.8 Å². The summed E-state index contributed by atoms with van der Waals surface area (Å²) in [5.74, 6) is 1.05. The maximum Gasteiger partial charge on any atom is 0.0445 e. The lowest BCUT2D eigenvalue weighted by atomic mass is 10.2. The van der Waals surface area contributed by atoms with E-state index in [1.165, 1.54) is 44.4 Å². The van der Waals surface area contributed by atoms with Crippen molar-refractivity contribution in [3.63, 3.8) is 0 Å². The van der Waals surface area contributed by atoms with Gasteiger partial charge in [-0.1, -0.05) is 11.9 Å². The van der Waals surface area contributed by atoms with Crippen LogP contribution >= 0.6 is 11.9 Å². The predicted molar refractivity (Wildman–Crippen MR) is 44.7 cm³/mol. The topological polar surface area (TPSA) is 29.3 Å². The van der Waals surface area contributed by atoms with Gasteiger partial charge in [0, 0.05) is 24.9 Å². The van der Waals surface area contributed by atoms with E-state index in [4.69, 9.17) is 5.14 Å². The Bertz CT molecular complexity index is 119. The van der Waals surface area contributed by atoms with Crippen molar-refractivity contribution in [2.75, 3.05) is 19.6 Å². The summed E-state index contributed by atoms with van der Waals surface area (Å²) in [5.41, 5.74) is 0. The highest BCUT2D eigenvalue weighted by atomic mass is 32.2. The first-order valence-electron chi connectivity index (χ1n) is 3.96. The summed E-state index contributed by atoms with van der Waals surface area (Å²) in [7, 11) is 0. The summed E-state index contributed by atoms with van der Waals surface area (Å²) in [5, 5.41) is 6.17. The first-order chi connectivity index (χ1) is 4.88. The Morgan fingerprint density at radius 2 is 2.10 bits per heavy atom. The Kier molecular flexibility index (Phi) is 1.89. The average molecular weight is 158 g/mol. The van der Waals surface area contributed by atoms with Gasteiger partial charge in [-0.3, -0.25) is 5.14 Å². The van der Waals surface area contributed by atoms with E-state index in [9.17, 15) is 0 Å². The lowest BCUT2D eigenvalue weighted by molar-refractivity contribution is 0.182. The fraction of sp³-hybridized carbons (Fsp3) is 1.00. The van der Waals surface area contributed by atoms with E-state index < -0.39 is 0 Å². The Hall–Kier alpha value is 0.270. The van der Waals surface area contributed by atoms with Crippen molar-refractivity contribution in [2.24, 2.45) is 11.1 Å². The van der Waals surface area contributed by atoms with Crippen LogP contribution in [0.2, 0.25) is 0 Å². The van der Waals surface area contributed by atoms with Gasteiger partial charge in [-0.25, -0.2) is 0 Å². The Balaban J connectivity index is 1.60. The van der Waals surface area contributed by atoms with E-state index in [2.05, 4.69) is 4.90 Å². The molecule has 0 spiro atoms. The van der Waals surface area contributed by atoms with Gasteiger partial charge in [0.05, 0.1) is 0 Å². The van der Waals surface area contributed by atoms with Gasteiger partial charge in [-0.15, -0.1) is 0 Å². The van der Waals surface area contributed by atoms with Gasteiger partial charge in [0.2, 0.25) is 0 Å². The highest BCUT2D eigenvalue weighted by Crippen LogP contribution is 2.32. The third-order valence-corrected chi connectivity index (χ3v) is 3.01. The first-order valence-corrected chi connectivity index (χ1v) is 4.90. The molecule has 1 saturated carbocycles. The summed E-state index contributed by atoms with van der Waals surface area (Å²) >= 11 is 1.52. The van der Waals surface area contributed by atoms with Crippen molar-refractivity contribution < 1.29 is 0 Å². The fourth-order valence-electron chi connectivity index (χ4n) is 1.42. The largest absolute Gasteiger partial charge is 0.301 e. The second-order valence-corrected chi connectivity index (χ2v) is 4.36. The van der Waals surface area contributed by atoms with Crippen molar-refractivity contribution >= 4 is 11.9 Å². The van der Waals surface area contributed by atoms with Crippen molar-refractivity contribution in [1.29, 1.82) is 0 Å². The molecule has 0 radical (unpaired) electrons. The van der Waals surface area contributed by atoms with Crippen molar-refractivity contribution in [2.45, 2.75) is 18.1 Å². The minimum atomic E-state index is 0.735. The van der Waals surface area contributed by atoms with E-state index in [-0.39, 0.29) is 0 Å². The molecule has 1 saturated heterocycles. The molecule has 2 N–H and O–H groups in total. The molecule has 3 heteroatoms. The molecule has 1 heterocycles. The predicted octanol–water partition coefficient (Wildman–Crippen LogP) is 0.688. The second-order valence-electron chi connectivity index (χ2n) is 3.42. The van der Waals surface area contributed by atoms with Gasteiger partial charge in [0.1, 0.15) is 0 Å². The van der Waals surface area contributed by atoms with Crippen LogP contribution in [0.5, 0.6) is 0 Å². The van der Waals surface area contributed by atoms with Crippen LogP contribution in [0.3, 0.4) is 0 Å². The SMILES string of the molecule is NSC1CN(CC2CC2)C1. The van der Waals surface area contributed by atoms with E-state index >= 15 is 0 Å². The average Bonchev–Trinajstić information content (AvgIpc) is 2.60. The fourth-order valence-corrected chi connectivity index (χ4v) is 2.02. The number of hydrogen-bond acceptors (Lipinski definition) is 3. The van der Waals surface area contributed by atoms with E-state index in [0.717, 1.165) is 11.2 Å². The van der Waals surface area contributed by atoms with Crippen LogP contribution < -0.4 is 5.14 Å². The van der Waals surface area contributed by atoms with E-state index in [0.29, 0.717) is 0 Å². The molecular weight excluding hydrogens is 144 g/mol. The maximum atomic E-state index is 5.43. The molecule has 0 aromatic carbocycles. The Morgan fingerprint density at radius 3 is 2.60 bits per heavy atom. The molecule has 0 bridgehead atoms. The molecule has 2 aliphatic rings. The summed E-state index contributed by atoms with van der Waals surface area (Å²) in [6.07, 6.45) is 2.94. The van der Waals surface area contributed by atoms with Crippen LogP contribution in [0.1, 0.15) is 12.8 Å². The molecule has 2 fully saturated rings. The van der Waals surface area contributed by atoms with Crippen LogP contribution in [-0.4, -0.2) is 29.8 Å². The van der Waals surface area contributed by atoms with Crippen LogP contribution in [0.15, 0.2) is 0 Å². The molecule has 10 heavy (non-hydrogen) atoms. The lowest BCUT2D eigenvalue weighted by Crippen LogP contribution is -2.50. The molecule has 1 aliphatic heterocycles. The normalized spacial score (nSPS) is 28.5. The number of nitrogens with zero attached hydrogens (tertiary/aromatic N) is 1. The van der Waals surface area contributed by atoms with Gasteiger partial charge in [-0.2, -0.15) is 0 Å². The number of nitrogens with two attached hydrogens (primary N) is 1. The minimum Gasteiger partial charge on any atom is -0.301 e. The highest BCUT2D eigenvalue weighted by Gasteiger charge is 2.31. The van der Waals surface area contributed by atoms with E-state index in [1.807, 2.05) is 0 Å². The summed E-state index contributed by atoms with van der Waals surface area (Å²) in [4.78, 5) is 2.52. The zero-order valence-corrected chi connectivity index (χ0v) is 6.94. The van der Waals surface area contributed by atoms with Crippen molar-refractivity contribution in [1.82, 2.24) is 4.90 Å². The van der Waals surface area contributed by atoms with Crippen LogP contribution in [0, 0.1) is 5.92 Å². The first kappa shape index (κ1) is 6.95. The Morgan fingerprint density at radius 1 is 1.40 bits per heavy atom. The molecule has 0 aromatic rings. The smallest absolute Gasteiger partial charge is 0.0445 e.